The summed E-state index contributed by atoms with van der Waals surface area (Å²) in [7, 11) is 1.72. The van der Waals surface area contributed by atoms with Crippen molar-refractivity contribution < 1.29 is 9.47 Å². The molecule has 0 aliphatic carbocycles. The first-order chi connectivity index (χ1) is 7.69. The van der Waals surface area contributed by atoms with Gasteiger partial charge >= 0.3 is 0 Å². The molecule has 3 nitrogen and oxygen atoms in total. The highest BCUT2D eigenvalue weighted by atomic mass is 16.5. The third-order valence-electron chi connectivity index (χ3n) is 3.23. The minimum atomic E-state index is 0.310. The molecule has 0 spiro atoms. The van der Waals surface area contributed by atoms with Crippen LogP contribution < -0.4 is 15.2 Å². The zero-order valence-electron chi connectivity index (χ0n) is 10.2. The van der Waals surface area contributed by atoms with Crippen molar-refractivity contribution in [3.8, 4) is 11.5 Å². The van der Waals surface area contributed by atoms with E-state index in [0.29, 0.717) is 12.5 Å². The molecule has 1 aromatic rings. The van der Waals surface area contributed by atoms with Crippen LogP contribution in [0, 0.1) is 6.92 Å². The first kappa shape index (κ1) is 11.3. The van der Waals surface area contributed by atoms with Crippen LogP contribution in [0.25, 0.3) is 0 Å². The molecule has 1 heterocycles. The number of nitrogens with two attached hydrogens (primary N) is 1. The number of ether oxygens (including phenoxy) is 2. The van der Waals surface area contributed by atoms with Gasteiger partial charge in [-0.05, 0) is 31.0 Å². The van der Waals surface area contributed by atoms with Crippen LogP contribution in [0.15, 0.2) is 6.07 Å². The zero-order valence-corrected chi connectivity index (χ0v) is 10.2. The highest BCUT2D eigenvalue weighted by molar-refractivity contribution is 5.56. The van der Waals surface area contributed by atoms with Gasteiger partial charge in [-0.1, -0.05) is 6.92 Å². The lowest BCUT2D eigenvalue weighted by Crippen LogP contribution is -2.12. The molecule has 0 fully saturated rings. The molecule has 0 bridgehead atoms. The molecule has 1 aliphatic rings. The van der Waals surface area contributed by atoms with E-state index >= 15 is 0 Å². The van der Waals surface area contributed by atoms with Crippen LogP contribution in [0.5, 0.6) is 11.5 Å². The van der Waals surface area contributed by atoms with Gasteiger partial charge in [0.2, 0.25) is 0 Å². The van der Waals surface area contributed by atoms with E-state index in [2.05, 4.69) is 13.0 Å². The van der Waals surface area contributed by atoms with Crippen molar-refractivity contribution in [2.75, 3.05) is 20.3 Å². The Labute approximate surface area is 96.5 Å². The minimum absolute atomic E-state index is 0.310. The Balaban J connectivity index is 2.61. The van der Waals surface area contributed by atoms with Crippen LogP contribution >= 0.6 is 0 Å². The van der Waals surface area contributed by atoms with E-state index in [9.17, 15) is 0 Å². The summed E-state index contributed by atoms with van der Waals surface area (Å²) in [5, 5.41) is 0. The summed E-state index contributed by atoms with van der Waals surface area (Å²) in [5.74, 6) is 2.29. The molecule has 0 saturated carbocycles. The standard InChI is InChI=1S/C13H19NO2/c1-8-6-11-10(4-5-16-11)12(9(2)7-14)13(8)15-3/h6,9H,4-5,7,14H2,1-3H3. The summed E-state index contributed by atoms with van der Waals surface area (Å²) < 4.78 is 11.1. The highest BCUT2D eigenvalue weighted by Gasteiger charge is 2.24. The molecule has 2 N–H and O–H groups in total. The van der Waals surface area contributed by atoms with E-state index in [1.807, 2.05) is 6.92 Å². The van der Waals surface area contributed by atoms with Crippen molar-refractivity contribution in [2.45, 2.75) is 26.2 Å². The normalized spacial score (nSPS) is 15.5. The van der Waals surface area contributed by atoms with Gasteiger partial charge < -0.3 is 15.2 Å². The molecule has 2 rings (SSSR count). The second-order valence-electron chi connectivity index (χ2n) is 4.35. The zero-order chi connectivity index (χ0) is 11.7. The van der Waals surface area contributed by atoms with Gasteiger partial charge in [0, 0.05) is 17.5 Å². The summed E-state index contributed by atoms with van der Waals surface area (Å²) in [6.07, 6.45) is 0.964. The number of fused-ring (bicyclic) bond motifs is 1. The Kier molecular flexibility index (Phi) is 3.06. The molecule has 1 aliphatic heterocycles. The molecule has 0 radical (unpaired) electrons. The Morgan fingerprint density at radius 2 is 2.31 bits per heavy atom. The van der Waals surface area contributed by atoms with E-state index in [1.54, 1.807) is 7.11 Å². The monoisotopic (exact) mass is 221 g/mol. The van der Waals surface area contributed by atoms with E-state index in [4.69, 9.17) is 15.2 Å². The smallest absolute Gasteiger partial charge is 0.125 e. The maximum atomic E-state index is 5.78. The molecule has 0 amide bonds. The Hall–Kier alpha value is -1.22. The Morgan fingerprint density at radius 1 is 1.56 bits per heavy atom. The van der Waals surface area contributed by atoms with E-state index in [1.165, 1.54) is 11.1 Å². The maximum absolute atomic E-state index is 5.78. The van der Waals surface area contributed by atoms with Crippen LogP contribution in [-0.2, 0) is 6.42 Å². The Morgan fingerprint density at radius 3 is 2.94 bits per heavy atom. The minimum Gasteiger partial charge on any atom is -0.496 e. The van der Waals surface area contributed by atoms with Gasteiger partial charge in [-0.25, -0.2) is 0 Å². The largest absolute Gasteiger partial charge is 0.496 e. The molecule has 0 aromatic heterocycles. The first-order valence-corrected chi connectivity index (χ1v) is 5.72. The van der Waals surface area contributed by atoms with Crippen molar-refractivity contribution in [3.63, 3.8) is 0 Å². The summed E-state index contributed by atoms with van der Waals surface area (Å²) >= 11 is 0. The SMILES string of the molecule is COc1c(C)cc2c(c1C(C)CN)CCO2. The molecule has 0 saturated heterocycles. The fourth-order valence-corrected chi connectivity index (χ4v) is 2.39. The average Bonchev–Trinajstić information content (AvgIpc) is 2.73. The number of methoxy groups -OCH3 is 1. The van der Waals surface area contributed by atoms with Gasteiger partial charge in [-0.15, -0.1) is 0 Å². The van der Waals surface area contributed by atoms with Gasteiger partial charge in [0.05, 0.1) is 13.7 Å². The molecule has 88 valence electrons. The molecular weight excluding hydrogens is 202 g/mol. The van der Waals surface area contributed by atoms with Crippen molar-refractivity contribution in [2.24, 2.45) is 5.73 Å². The predicted octanol–water partition coefficient (Wildman–Crippen LogP) is 2.00. The van der Waals surface area contributed by atoms with Gasteiger partial charge in [-0.2, -0.15) is 0 Å². The number of rotatable bonds is 3. The Bertz CT molecular complexity index is 398. The molecular formula is C13H19NO2. The van der Waals surface area contributed by atoms with Crippen molar-refractivity contribution in [1.29, 1.82) is 0 Å². The van der Waals surface area contributed by atoms with Gasteiger partial charge in [0.1, 0.15) is 11.5 Å². The van der Waals surface area contributed by atoms with E-state index in [0.717, 1.165) is 30.1 Å². The molecule has 1 atom stereocenters. The number of hydrogen-bond acceptors (Lipinski definition) is 3. The lowest BCUT2D eigenvalue weighted by atomic mass is 9.91. The van der Waals surface area contributed by atoms with Crippen molar-refractivity contribution in [3.05, 3.63) is 22.8 Å². The lowest BCUT2D eigenvalue weighted by Gasteiger charge is -2.19. The van der Waals surface area contributed by atoms with Gasteiger partial charge in [-0.3, -0.25) is 0 Å². The second kappa shape index (κ2) is 4.34. The van der Waals surface area contributed by atoms with Gasteiger partial charge in [0.25, 0.3) is 0 Å². The maximum Gasteiger partial charge on any atom is 0.125 e. The summed E-state index contributed by atoms with van der Waals surface area (Å²) in [5.41, 5.74) is 9.41. The molecule has 16 heavy (non-hydrogen) atoms. The lowest BCUT2D eigenvalue weighted by molar-refractivity contribution is 0.356. The number of benzene rings is 1. The topological polar surface area (TPSA) is 44.5 Å². The van der Waals surface area contributed by atoms with E-state index < -0.39 is 0 Å². The van der Waals surface area contributed by atoms with Crippen LogP contribution in [0.3, 0.4) is 0 Å². The average molecular weight is 221 g/mol. The van der Waals surface area contributed by atoms with Crippen molar-refractivity contribution >= 4 is 0 Å². The van der Waals surface area contributed by atoms with E-state index in [-0.39, 0.29) is 0 Å². The molecule has 3 heteroatoms. The second-order valence-corrected chi connectivity index (χ2v) is 4.35. The number of hydrogen-bond donors (Lipinski definition) is 1. The van der Waals surface area contributed by atoms with Crippen LogP contribution in [0.4, 0.5) is 0 Å². The molecule has 1 unspecified atom stereocenters. The summed E-state index contributed by atoms with van der Waals surface area (Å²) in [6.45, 7) is 5.59. The summed E-state index contributed by atoms with van der Waals surface area (Å²) in [6, 6.07) is 2.06. The fourth-order valence-electron chi connectivity index (χ4n) is 2.39. The van der Waals surface area contributed by atoms with Crippen LogP contribution in [0.2, 0.25) is 0 Å². The molecule has 1 aromatic carbocycles. The first-order valence-electron chi connectivity index (χ1n) is 5.72. The third-order valence-corrected chi connectivity index (χ3v) is 3.23. The predicted molar refractivity (Wildman–Crippen MR) is 64.4 cm³/mol. The van der Waals surface area contributed by atoms with Gasteiger partial charge in [0.15, 0.2) is 0 Å². The van der Waals surface area contributed by atoms with Crippen LogP contribution in [0.1, 0.15) is 29.5 Å². The summed E-state index contributed by atoms with van der Waals surface area (Å²) in [4.78, 5) is 0. The van der Waals surface area contributed by atoms with Crippen LogP contribution in [-0.4, -0.2) is 20.3 Å². The number of aryl methyl sites for hydroxylation is 1. The highest BCUT2D eigenvalue weighted by Crippen LogP contribution is 2.40. The third kappa shape index (κ3) is 1.65. The fraction of sp³-hybridized carbons (Fsp3) is 0.538. The quantitative estimate of drug-likeness (QED) is 0.849. The van der Waals surface area contributed by atoms with Crippen molar-refractivity contribution in [1.82, 2.24) is 0 Å².